The molecule has 0 saturated carbocycles. The van der Waals surface area contributed by atoms with Gasteiger partial charge < -0.3 is 55.1 Å². The number of hydrogen-bond donors (Lipinski definition) is 5. The third-order valence-electron chi connectivity index (χ3n) is 16.2. The molecule has 0 radical (unpaired) electrons. The van der Waals surface area contributed by atoms with Gasteiger partial charge in [0.2, 0.25) is 29.5 Å². The van der Waals surface area contributed by atoms with E-state index in [1.54, 1.807) is 32.9 Å². The van der Waals surface area contributed by atoms with Gasteiger partial charge in [-0.25, -0.2) is 8.78 Å². The molecule has 28 heteroatoms. The molecule has 3 aliphatic heterocycles. The lowest BCUT2D eigenvalue weighted by Crippen LogP contribution is -2.57. The number of halogens is 2. The van der Waals surface area contributed by atoms with Crippen molar-refractivity contribution in [3.8, 4) is 18.1 Å². The number of rotatable bonds is 32. The minimum Gasteiger partial charge on any atom is -0.494 e. The van der Waals surface area contributed by atoms with Gasteiger partial charge in [-0.1, -0.05) is 35.7 Å². The van der Waals surface area contributed by atoms with E-state index in [4.69, 9.17) is 25.4 Å². The van der Waals surface area contributed by atoms with E-state index < -0.39 is 91.5 Å². The number of carbonyl (C=O) groups is 10. The second-order valence-corrected chi connectivity index (χ2v) is 23.0. The lowest BCUT2D eigenvalue weighted by atomic mass is 9.92. The first-order chi connectivity index (χ1) is 43.8. The third kappa shape index (κ3) is 24.4. The van der Waals surface area contributed by atoms with E-state index in [-0.39, 0.29) is 102 Å². The second-order valence-electron chi connectivity index (χ2n) is 23.0. The molecule has 3 fully saturated rings. The molecule has 91 heavy (non-hydrogen) atoms. The maximum atomic E-state index is 14.5. The number of aromatic nitrogens is 1. The molecule has 0 bridgehead atoms. The van der Waals surface area contributed by atoms with Gasteiger partial charge in [0.05, 0.1) is 63.4 Å². The van der Waals surface area contributed by atoms with E-state index in [0.717, 1.165) is 29.6 Å². The molecule has 1 aromatic heterocycles. The summed E-state index contributed by atoms with van der Waals surface area (Å²) >= 11 is 0. The average Bonchev–Trinajstić information content (AvgIpc) is 1.90. The molecule has 2 aromatic carbocycles. The number of nitrogens with zero attached hydrogens (tertiary/aromatic N) is 7. The molecular weight excluding hydrogens is 1190 g/mol. The summed E-state index contributed by atoms with van der Waals surface area (Å²) in [4.78, 5) is 143. The molecule has 0 spiro atoms. The quantitative estimate of drug-likeness (QED) is 0.0195. The van der Waals surface area contributed by atoms with Gasteiger partial charge in [0.1, 0.15) is 31.3 Å². The van der Waals surface area contributed by atoms with Gasteiger partial charge in [-0.2, -0.15) is 0 Å². The van der Waals surface area contributed by atoms with Crippen LogP contribution in [0.2, 0.25) is 0 Å². The van der Waals surface area contributed by atoms with Crippen molar-refractivity contribution in [3.63, 3.8) is 0 Å². The number of aryl methyl sites for hydroxylation is 2. The number of carboxylic acids is 1. The summed E-state index contributed by atoms with van der Waals surface area (Å²) in [5.74, 6) is -5.47. The third-order valence-corrected chi connectivity index (χ3v) is 16.2. The Morgan fingerprint density at radius 3 is 2.07 bits per heavy atom. The largest absolute Gasteiger partial charge is 0.494 e. The van der Waals surface area contributed by atoms with Gasteiger partial charge >= 0.3 is 11.9 Å². The summed E-state index contributed by atoms with van der Waals surface area (Å²) < 4.78 is 49.2. The Balaban J connectivity index is 1.05. The Hall–Kier alpha value is -8.39. The first-order valence-electron chi connectivity index (χ1n) is 30.7. The maximum Gasteiger partial charge on any atom is 0.317 e. The Morgan fingerprint density at radius 2 is 1.44 bits per heavy atom. The monoisotopic (exact) mass is 1270 g/mol. The van der Waals surface area contributed by atoms with Crippen LogP contribution in [0.1, 0.15) is 85.7 Å². The number of methoxy groups -OCH3 is 1. The normalized spacial score (nSPS) is 17.8. The summed E-state index contributed by atoms with van der Waals surface area (Å²) in [6.07, 6.45) is 10.1. The van der Waals surface area contributed by atoms with Crippen molar-refractivity contribution in [1.29, 1.82) is 0 Å². The van der Waals surface area contributed by atoms with Crippen molar-refractivity contribution in [1.82, 2.24) is 55.7 Å². The highest BCUT2D eigenvalue weighted by Crippen LogP contribution is 2.32. The Kier molecular flexibility index (Phi) is 29.2. The number of ether oxygens (including phenoxy) is 4. The van der Waals surface area contributed by atoms with Crippen LogP contribution in [0, 0.1) is 25.2 Å². The highest BCUT2D eigenvalue weighted by molar-refractivity contribution is 6.07. The molecule has 3 aliphatic rings. The van der Waals surface area contributed by atoms with E-state index in [1.807, 2.05) is 41.0 Å². The molecule has 3 saturated heterocycles. The van der Waals surface area contributed by atoms with Crippen molar-refractivity contribution >= 4 is 71.2 Å². The van der Waals surface area contributed by atoms with Gasteiger partial charge in [-0.15, -0.1) is 6.42 Å². The first kappa shape index (κ1) is 71.7. The number of nitrogens with one attached hydrogen (secondary N) is 4. The number of terminal acetylenes is 1. The number of fused-ring (bicyclic) bond motifs is 1. The van der Waals surface area contributed by atoms with E-state index in [1.165, 1.54) is 12.3 Å². The van der Waals surface area contributed by atoms with Gasteiger partial charge in [-0.05, 0) is 94.0 Å². The van der Waals surface area contributed by atoms with Crippen molar-refractivity contribution < 1.29 is 80.8 Å². The molecular formula is C63H85F2N11O15. The molecule has 26 nitrogen and oxygen atoms in total. The summed E-state index contributed by atoms with van der Waals surface area (Å²) in [5.41, 5.74) is 2.92. The van der Waals surface area contributed by atoms with Crippen LogP contribution in [-0.4, -0.2) is 249 Å². The number of aliphatic carboxylic acids is 1. The molecule has 5 N–H and O–H groups in total. The van der Waals surface area contributed by atoms with Gasteiger partial charge in [-0.3, -0.25) is 72.5 Å². The molecule has 4 heterocycles. The van der Waals surface area contributed by atoms with Gasteiger partial charge in [0.15, 0.2) is 0 Å². The van der Waals surface area contributed by atoms with Crippen molar-refractivity contribution in [2.24, 2.45) is 5.92 Å². The molecule has 496 valence electrons. The highest BCUT2D eigenvalue weighted by Gasteiger charge is 2.46. The van der Waals surface area contributed by atoms with Gasteiger partial charge in [0.25, 0.3) is 24.8 Å². The topological polar surface area (TPSA) is 308 Å². The number of amides is 6. The van der Waals surface area contributed by atoms with Crippen LogP contribution in [0.15, 0.2) is 54.7 Å². The molecule has 3 aromatic rings. The fourth-order valence-corrected chi connectivity index (χ4v) is 11.1. The van der Waals surface area contributed by atoms with E-state index in [2.05, 4.69) is 32.2 Å². The lowest BCUT2D eigenvalue weighted by molar-refractivity contribution is -0.146. The Morgan fingerprint density at radius 1 is 0.791 bits per heavy atom. The SMILES string of the molecule is C#C[C@H]1CC(F)(F)CN1C(=O)CNC(=O)c1ccnc2ccc(OCCCC3CCN(C(=O)[C@H](CC(=O)OC)NC(=O)[C@H](CCCNC(=O)CCCc4ccc(C)cc4)NC(=O)CN4CCN(COC=O)CCN(COC=O)CCN(CC(=O)O)CC4)CC3)cc12. The molecule has 3 atom stereocenters. The predicted molar refractivity (Wildman–Crippen MR) is 327 cm³/mol. The van der Waals surface area contributed by atoms with Crippen LogP contribution in [0.3, 0.4) is 0 Å². The smallest absolute Gasteiger partial charge is 0.317 e. The summed E-state index contributed by atoms with van der Waals surface area (Å²) in [6.45, 7) is 3.93. The summed E-state index contributed by atoms with van der Waals surface area (Å²) in [7, 11) is 1.16. The van der Waals surface area contributed by atoms with Gasteiger partial charge in [0, 0.05) is 96.4 Å². The zero-order chi connectivity index (χ0) is 65.7. The minimum atomic E-state index is -3.12. The Labute approximate surface area is 528 Å². The van der Waals surface area contributed by atoms with Crippen molar-refractivity contribution in [2.75, 3.05) is 125 Å². The number of piperidine rings is 1. The minimum absolute atomic E-state index is 0.0193. The van der Waals surface area contributed by atoms with Crippen LogP contribution in [0.25, 0.3) is 10.9 Å². The standard InChI is InChI=1S/C63H85F2N11O15/c1-4-48-36-63(64,65)40-76(48)57(81)37-68-60(85)50-18-22-66-52-17-16-49(34-51(50)52)91-33-7-9-47-19-23-75(24-20-47)62(87)54(35-59(84)88-3)70-61(86)53(10-6-21-67-55(79)11-5-8-46-14-12-45(2)13-15-46)69-56(80)38-71-25-26-72(39-58(82)83)28-30-74(42-90-44-78)32-31-73(29-27-71)41-89-43-77/h1,12-18,22,34,43-44,47-48,53-54H,5-11,19-21,23-33,35-42H2,2-3H3,(H,67,79)(H,68,85)(H,69,80)(H,70,86)(H,82,83)/t48-,53-,54-/m0/s1. The van der Waals surface area contributed by atoms with Crippen LogP contribution in [-0.2, 0) is 63.8 Å². The maximum absolute atomic E-state index is 14.5. The van der Waals surface area contributed by atoms with Crippen LogP contribution in [0.5, 0.6) is 5.75 Å². The lowest BCUT2D eigenvalue weighted by Gasteiger charge is -2.35. The molecule has 6 amide bonds. The highest BCUT2D eigenvalue weighted by atomic mass is 19.3. The van der Waals surface area contributed by atoms with Crippen LogP contribution < -0.4 is 26.0 Å². The number of alkyl halides is 2. The fraction of sp³-hybridized carbons (Fsp3) is 0.571. The first-order valence-corrected chi connectivity index (χ1v) is 30.7. The van der Waals surface area contributed by atoms with E-state index in [0.29, 0.717) is 101 Å². The van der Waals surface area contributed by atoms with Crippen LogP contribution in [0.4, 0.5) is 8.78 Å². The molecule has 0 aliphatic carbocycles. The Bertz CT molecular complexity index is 2980. The fourth-order valence-electron chi connectivity index (χ4n) is 11.1. The van der Waals surface area contributed by atoms with E-state index in [9.17, 15) is 61.8 Å². The zero-order valence-electron chi connectivity index (χ0n) is 51.8. The summed E-state index contributed by atoms with van der Waals surface area (Å²) in [6, 6.07) is 10.9. The second kappa shape index (κ2) is 37.1. The number of likely N-dealkylation sites (tertiary alicyclic amines) is 2. The number of hydrogen-bond acceptors (Lipinski definition) is 19. The number of benzene rings is 2. The predicted octanol–water partition coefficient (Wildman–Crippen LogP) is 1.56. The number of esters is 1. The van der Waals surface area contributed by atoms with E-state index >= 15 is 0 Å². The molecule has 0 unspecified atom stereocenters. The summed E-state index contributed by atoms with van der Waals surface area (Å²) in [5, 5.41) is 21.2. The zero-order valence-corrected chi connectivity index (χ0v) is 51.8. The van der Waals surface area contributed by atoms with Crippen LogP contribution >= 0.6 is 0 Å². The average molecular weight is 1270 g/mol. The molecule has 6 rings (SSSR count). The van der Waals surface area contributed by atoms with Crippen molar-refractivity contribution in [3.05, 3.63) is 71.4 Å². The number of pyridine rings is 1. The number of carbonyl (C=O) groups excluding carboxylic acids is 9. The van der Waals surface area contributed by atoms with Crippen molar-refractivity contribution in [2.45, 2.75) is 102 Å². The number of carboxylic acid groups (broad SMARTS) is 1.